The topological polar surface area (TPSA) is 64.9 Å². The Hall–Kier alpha value is -1.20. The molecule has 4 nitrogen and oxygen atoms in total. The Morgan fingerprint density at radius 1 is 1.38 bits per heavy atom. The minimum absolute atomic E-state index is 0.619. The number of nitrogens with zero attached hydrogens (tertiary/aromatic N) is 2. The Morgan fingerprint density at radius 3 is 2.81 bits per heavy atom. The maximum Gasteiger partial charge on any atom is 0.257 e. The van der Waals surface area contributed by atoms with Crippen molar-refractivity contribution in [2.45, 2.75) is 26.7 Å². The van der Waals surface area contributed by atoms with Crippen LogP contribution in [0.5, 0.6) is 0 Å². The van der Waals surface area contributed by atoms with E-state index in [0.29, 0.717) is 18.3 Å². The summed E-state index contributed by atoms with van der Waals surface area (Å²) in [6.45, 7) is 4.82. The average Bonchev–Trinajstić information content (AvgIpc) is 2.84. The van der Waals surface area contributed by atoms with Gasteiger partial charge < -0.3 is 10.2 Å². The molecule has 2 aromatic heterocycles. The van der Waals surface area contributed by atoms with Crippen molar-refractivity contribution in [3.05, 3.63) is 22.4 Å². The average molecular weight is 237 g/mol. The van der Waals surface area contributed by atoms with Crippen LogP contribution in [0.4, 0.5) is 0 Å². The molecule has 2 N–H and O–H groups in total. The number of aryl methyl sites for hydroxylation is 3. The van der Waals surface area contributed by atoms with Gasteiger partial charge in [0.1, 0.15) is 0 Å². The van der Waals surface area contributed by atoms with Gasteiger partial charge in [-0.25, -0.2) is 0 Å². The van der Waals surface area contributed by atoms with Crippen molar-refractivity contribution >= 4 is 11.3 Å². The first kappa shape index (κ1) is 11.3. The molecule has 16 heavy (non-hydrogen) atoms. The molecule has 0 saturated carbocycles. The van der Waals surface area contributed by atoms with Crippen molar-refractivity contribution in [3.63, 3.8) is 0 Å². The highest BCUT2D eigenvalue weighted by molar-refractivity contribution is 7.15. The van der Waals surface area contributed by atoms with E-state index in [1.54, 1.807) is 11.3 Å². The molecule has 0 amide bonds. The molecular weight excluding hydrogens is 222 g/mol. The zero-order chi connectivity index (χ0) is 11.5. The van der Waals surface area contributed by atoms with Gasteiger partial charge in [0.05, 0.1) is 4.88 Å². The summed E-state index contributed by atoms with van der Waals surface area (Å²) < 4.78 is 5.57. The Morgan fingerprint density at radius 2 is 2.19 bits per heavy atom. The highest BCUT2D eigenvalue weighted by Gasteiger charge is 2.11. The number of thiophene rings is 1. The number of aromatic nitrogens is 2. The van der Waals surface area contributed by atoms with Gasteiger partial charge in [0, 0.05) is 11.3 Å². The molecule has 2 rings (SSSR count). The van der Waals surface area contributed by atoms with E-state index >= 15 is 0 Å². The highest BCUT2D eigenvalue weighted by Crippen LogP contribution is 2.29. The molecule has 0 saturated heterocycles. The third kappa shape index (κ3) is 2.31. The fourth-order valence-corrected chi connectivity index (χ4v) is 2.34. The minimum atomic E-state index is 0.619. The van der Waals surface area contributed by atoms with Crippen LogP contribution in [0.2, 0.25) is 0 Å². The van der Waals surface area contributed by atoms with Crippen molar-refractivity contribution in [2.75, 3.05) is 6.54 Å². The van der Waals surface area contributed by atoms with Crippen LogP contribution in [0.25, 0.3) is 10.8 Å². The molecular formula is C11H15N3OS. The molecule has 0 spiro atoms. The standard InChI is InChI=1S/C11H15N3OS/c1-7-6-9(16-8(7)2)11-14-13-10(15-11)4-3-5-12/h6H,3-5,12H2,1-2H3. The first-order valence-corrected chi connectivity index (χ1v) is 6.12. The molecule has 0 fully saturated rings. The lowest BCUT2D eigenvalue weighted by atomic mass is 10.3. The predicted molar refractivity (Wildman–Crippen MR) is 64.5 cm³/mol. The summed E-state index contributed by atoms with van der Waals surface area (Å²) >= 11 is 1.68. The summed E-state index contributed by atoms with van der Waals surface area (Å²) in [6.07, 6.45) is 1.64. The highest BCUT2D eigenvalue weighted by atomic mass is 32.1. The molecule has 0 aromatic carbocycles. The normalized spacial score (nSPS) is 10.9. The van der Waals surface area contributed by atoms with Crippen LogP contribution in [0.15, 0.2) is 10.5 Å². The maximum atomic E-state index is 5.57. The van der Waals surface area contributed by atoms with Crippen molar-refractivity contribution in [1.29, 1.82) is 0 Å². The molecule has 0 aliphatic heterocycles. The van der Waals surface area contributed by atoms with Crippen LogP contribution in [0.1, 0.15) is 22.8 Å². The second-order valence-electron chi connectivity index (χ2n) is 3.74. The van der Waals surface area contributed by atoms with E-state index < -0.39 is 0 Å². The van der Waals surface area contributed by atoms with Crippen LogP contribution in [0.3, 0.4) is 0 Å². The van der Waals surface area contributed by atoms with Crippen LogP contribution < -0.4 is 5.73 Å². The smallest absolute Gasteiger partial charge is 0.257 e. The van der Waals surface area contributed by atoms with Crippen molar-refractivity contribution < 1.29 is 4.42 Å². The molecule has 0 aliphatic rings. The van der Waals surface area contributed by atoms with Crippen LogP contribution in [-0.2, 0) is 6.42 Å². The number of hydrogen-bond donors (Lipinski definition) is 1. The predicted octanol–water partition coefficient (Wildman–Crippen LogP) is 2.31. The van der Waals surface area contributed by atoms with E-state index in [9.17, 15) is 0 Å². The third-order valence-electron chi connectivity index (χ3n) is 2.44. The zero-order valence-electron chi connectivity index (χ0n) is 9.49. The number of rotatable bonds is 4. The van der Waals surface area contributed by atoms with Gasteiger partial charge in [-0.2, -0.15) is 0 Å². The first-order valence-electron chi connectivity index (χ1n) is 5.30. The summed E-state index contributed by atoms with van der Waals surface area (Å²) in [6, 6.07) is 2.08. The quantitative estimate of drug-likeness (QED) is 0.886. The van der Waals surface area contributed by atoms with Crippen molar-refractivity contribution in [2.24, 2.45) is 5.73 Å². The molecule has 0 aliphatic carbocycles. The monoisotopic (exact) mass is 237 g/mol. The van der Waals surface area contributed by atoms with E-state index in [2.05, 4.69) is 30.1 Å². The fraction of sp³-hybridized carbons (Fsp3) is 0.455. The Bertz CT molecular complexity index is 456. The van der Waals surface area contributed by atoms with Gasteiger partial charge in [-0.1, -0.05) is 0 Å². The largest absolute Gasteiger partial charge is 0.420 e. The van der Waals surface area contributed by atoms with Gasteiger partial charge in [-0.15, -0.1) is 21.5 Å². The molecule has 2 aromatic rings. The fourth-order valence-electron chi connectivity index (χ4n) is 1.39. The van der Waals surface area contributed by atoms with Gasteiger partial charge in [0.2, 0.25) is 5.89 Å². The van der Waals surface area contributed by atoms with E-state index in [1.165, 1.54) is 10.4 Å². The second kappa shape index (κ2) is 4.76. The maximum absolute atomic E-state index is 5.57. The summed E-state index contributed by atoms with van der Waals surface area (Å²) in [7, 11) is 0. The van der Waals surface area contributed by atoms with Crippen LogP contribution in [-0.4, -0.2) is 16.7 Å². The molecule has 0 atom stereocenters. The SMILES string of the molecule is Cc1cc(-c2nnc(CCCN)o2)sc1C. The second-order valence-corrected chi connectivity index (χ2v) is 5.00. The summed E-state index contributed by atoms with van der Waals surface area (Å²) in [5.41, 5.74) is 6.70. The molecule has 0 unspecified atom stereocenters. The van der Waals surface area contributed by atoms with Gasteiger partial charge in [-0.3, -0.25) is 0 Å². The van der Waals surface area contributed by atoms with Crippen molar-refractivity contribution in [1.82, 2.24) is 10.2 Å². The first-order chi connectivity index (χ1) is 7.70. The molecule has 86 valence electrons. The minimum Gasteiger partial charge on any atom is -0.420 e. The molecule has 5 heteroatoms. The summed E-state index contributed by atoms with van der Waals surface area (Å²) in [5, 5.41) is 8.05. The van der Waals surface area contributed by atoms with E-state index in [4.69, 9.17) is 10.2 Å². The Balaban J connectivity index is 2.18. The summed E-state index contributed by atoms with van der Waals surface area (Å²) in [4.78, 5) is 2.33. The van der Waals surface area contributed by atoms with Gasteiger partial charge in [-0.05, 0) is 38.4 Å². The molecule has 0 radical (unpaired) electrons. The Labute approximate surface area is 98.5 Å². The molecule has 0 bridgehead atoms. The van der Waals surface area contributed by atoms with E-state index in [0.717, 1.165) is 17.7 Å². The van der Waals surface area contributed by atoms with E-state index in [-0.39, 0.29) is 0 Å². The van der Waals surface area contributed by atoms with Gasteiger partial charge in [0.15, 0.2) is 0 Å². The van der Waals surface area contributed by atoms with Crippen LogP contribution in [0, 0.1) is 13.8 Å². The number of nitrogens with two attached hydrogens (primary N) is 1. The summed E-state index contributed by atoms with van der Waals surface area (Å²) in [5.74, 6) is 1.29. The van der Waals surface area contributed by atoms with Gasteiger partial charge >= 0.3 is 0 Å². The zero-order valence-corrected chi connectivity index (χ0v) is 10.3. The molecule has 2 heterocycles. The van der Waals surface area contributed by atoms with Crippen LogP contribution >= 0.6 is 11.3 Å². The lowest BCUT2D eigenvalue weighted by Gasteiger charge is -1.90. The number of hydrogen-bond acceptors (Lipinski definition) is 5. The van der Waals surface area contributed by atoms with E-state index in [1.807, 2.05) is 0 Å². The van der Waals surface area contributed by atoms with Crippen molar-refractivity contribution in [3.8, 4) is 10.8 Å². The lowest BCUT2D eigenvalue weighted by Crippen LogP contribution is -2.00. The lowest BCUT2D eigenvalue weighted by molar-refractivity contribution is 0.500. The third-order valence-corrected chi connectivity index (χ3v) is 3.58. The van der Waals surface area contributed by atoms with Gasteiger partial charge in [0.25, 0.3) is 5.89 Å². The Kier molecular flexibility index (Phi) is 3.36.